The number of halogens is 2. The van der Waals surface area contributed by atoms with Crippen molar-refractivity contribution in [3.63, 3.8) is 0 Å². The molecule has 1 amide bonds. The van der Waals surface area contributed by atoms with Crippen molar-refractivity contribution in [1.29, 1.82) is 0 Å². The summed E-state index contributed by atoms with van der Waals surface area (Å²) >= 11 is 13.6. The Balaban J connectivity index is 1.59. The fraction of sp³-hybridized carbons (Fsp3) is 0.0870. The minimum absolute atomic E-state index is 0.219. The van der Waals surface area contributed by atoms with E-state index in [0.29, 0.717) is 32.9 Å². The number of fused-ring (bicyclic) bond motifs is 1. The van der Waals surface area contributed by atoms with Gasteiger partial charge in [-0.15, -0.1) is 11.3 Å². The minimum atomic E-state index is -1.06. The molecule has 8 heteroatoms. The summed E-state index contributed by atoms with van der Waals surface area (Å²) in [5.74, 6) is -1.13. The number of carbonyl (C=O) groups is 2. The second-order valence-corrected chi connectivity index (χ2v) is 8.42. The van der Waals surface area contributed by atoms with Crippen LogP contribution in [0.25, 0.3) is 21.5 Å². The number of esters is 1. The van der Waals surface area contributed by atoms with Crippen LogP contribution in [-0.2, 0) is 9.53 Å². The Kier molecular flexibility index (Phi) is 6.23. The number of anilines is 1. The van der Waals surface area contributed by atoms with Crippen molar-refractivity contribution in [2.45, 2.75) is 13.0 Å². The van der Waals surface area contributed by atoms with Crippen LogP contribution in [-0.4, -0.2) is 23.0 Å². The SMILES string of the molecule is CC(OC(=O)c1cc(-c2cccs2)nc2ccccc12)C(=O)Nc1cccc(Cl)c1Cl. The van der Waals surface area contributed by atoms with Crippen LogP contribution in [0.3, 0.4) is 0 Å². The lowest BCUT2D eigenvalue weighted by atomic mass is 10.1. The van der Waals surface area contributed by atoms with Crippen molar-refractivity contribution >= 4 is 63.0 Å². The zero-order chi connectivity index (χ0) is 22.0. The molecule has 0 aliphatic carbocycles. The third-order valence-electron chi connectivity index (χ3n) is 4.57. The van der Waals surface area contributed by atoms with Crippen molar-refractivity contribution in [1.82, 2.24) is 4.98 Å². The maximum Gasteiger partial charge on any atom is 0.339 e. The van der Waals surface area contributed by atoms with Gasteiger partial charge in [-0.1, -0.05) is 53.5 Å². The zero-order valence-electron chi connectivity index (χ0n) is 16.3. The first kappa shape index (κ1) is 21.3. The van der Waals surface area contributed by atoms with Gasteiger partial charge in [0.1, 0.15) is 0 Å². The number of hydrogen-bond acceptors (Lipinski definition) is 5. The molecule has 1 atom stereocenters. The van der Waals surface area contributed by atoms with E-state index in [0.717, 1.165) is 4.88 Å². The molecule has 0 spiro atoms. The Morgan fingerprint density at radius 1 is 1.06 bits per heavy atom. The maximum atomic E-state index is 13.0. The molecule has 1 unspecified atom stereocenters. The topological polar surface area (TPSA) is 68.3 Å². The highest BCUT2D eigenvalue weighted by Crippen LogP contribution is 2.30. The highest BCUT2D eigenvalue weighted by atomic mass is 35.5. The first-order chi connectivity index (χ1) is 14.9. The number of ether oxygens (including phenoxy) is 1. The van der Waals surface area contributed by atoms with Gasteiger partial charge in [-0.05, 0) is 42.6 Å². The highest BCUT2D eigenvalue weighted by molar-refractivity contribution is 7.13. The van der Waals surface area contributed by atoms with Gasteiger partial charge in [-0.3, -0.25) is 4.79 Å². The molecule has 1 N–H and O–H groups in total. The summed E-state index contributed by atoms with van der Waals surface area (Å²) in [6.45, 7) is 1.50. The number of hydrogen-bond donors (Lipinski definition) is 1. The van der Waals surface area contributed by atoms with Crippen molar-refractivity contribution in [2.24, 2.45) is 0 Å². The van der Waals surface area contributed by atoms with Crippen LogP contribution in [0.4, 0.5) is 5.69 Å². The van der Waals surface area contributed by atoms with Gasteiger partial charge in [0.15, 0.2) is 6.10 Å². The molecular weight excluding hydrogens is 455 g/mol. The number of aromatic nitrogens is 1. The molecule has 4 aromatic rings. The lowest BCUT2D eigenvalue weighted by molar-refractivity contribution is -0.123. The van der Waals surface area contributed by atoms with E-state index in [2.05, 4.69) is 10.3 Å². The van der Waals surface area contributed by atoms with Gasteiger partial charge < -0.3 is 10.1 Å². The van der Waals surface area contributed by atoms with Crippen LogP contribution < -0.4 is 5.32 Å². The van der Waals surface area contributed by atoms with E-state index in [4.69, 9.17) is 27.9 Å². The summed E-state index contributed by atoms with van der Waals surface area (Å²) in [6, 6.07) is 17.7. The number of benzene rings is 2. The number of carbonyl (C=O) groups excluding carboxylic acids is 2. The first-order valence-corrected chi connectivity index (χ1v) is 11.0. The largest absolute Gasteiger partial charge is 0.449 e. The number of para-hydroxylation sites is 1. The number of pyridine rings is 1. The summed E-state index contributed by atoms with van der Waals surface area (Å²) in [5.41, 5.74) is 2.03. The van der Waals surface area contributed by atoms with Crippen LogP contribution >= 0.6 is 34.5 Å². The number of nitrogens with one attached hydrogen (secondary N) is 1. The predicted molar refractivity (Wildman–Crippen MR) is 125 cm³/mol. The lowest BCUT2D eigenvalue weighted by Gasteiger charge is -2.15. The molecule has 0 saturated carbocycles. The van der Waals surface area contributed by atoms with Gasteiger partial charge in [-0.2, -0.15) is 0 Å². The lowest BCUT2D eigenvalue weighted by Crippen LogP contribution is -2.30. The van der Waals surface area contributed by atoms with Crippen LogP contribution in [0.15, 0.2) is 66.0 Å². The molecule has 2 aromatic carbocycles. The summed E-state index contributed by atoms with van der Waals surface area (Å²) in [5, 5.41) is 5.76. The number of thiophene rings is 1. The van der Waals surface area contributed by atoms with Crippen molar-refractivity contribution in [3.05, 3.63) is 81.7 Å². The third kappa shape index (κ3) is 4.56. The molecule has 0 aliphatic heterocycles. The summed E-state index contributed by atoms with van der Waals surface area (Å²) in [7, 11) is 0. The standard InChI is InChI=1S/C23H16Cl2N2O3S/c1-13(22(28)27-18-9-4-7-16(24)21(18)25)30-23(29)15-12-19(20-10-5-11-31-20)26-17-8-3-2-6-14(15)17/h2-13H,1H3,(H,27,28). The van der Waals surface area contributed by atoms with E-state index in [1.165, 1.54) is 18.3 Å². The normalized spacial score (nSPS) is 11.8. The van der Waals surface area contributed by atoms with E-state index in [-0.39, 0.29) is 5.02 Å². The van der Waals surface area contributed by atoms with Gasteiger partial charge in [-0.25, -0.2) is 9.78 Å². The molecule has 0 saturated heterocycles. The predicted octanol–water partition coefficient (Wildman–Crippen LogP) is 6.45. The number of amides is 1. The molecule has 0 radical (unpaired) electrons. The van der Waals surface area contributed by atoms with Gasteiger partial charge in [0, 0.05) is 5.39 Å². The smallest absolute Gasteiger partial charge is 0.339 e. The third-order valence-corrected chi connectivity index (χ3v) is 6.28. The van der Waals surface area contributed by atoms with Crippen LogP contribution in [0.1, 0.15) is 17.3 Å². The summed E-state index contributed by atoms with van der Waals surface area (Å²) in [4.78, 5) is 31.1. The monoisotopic (exact) mass is 470 g/mol. The second-order valence-electron chi connectivity index (χ2n) is 6.69. The Labute approximate surface area is 192 Å². The molecule has 2 heterocycles. The number of rotatable bonds is 5. The van der Waals surface area contributed by atoms with Crippen LogP contribution in [0, 0.1) is 0 Å². The summed E-state index contributed by atoms with van der Waals surface area (Å²) < 4.78 is 5.47. The first-order valence-electron chi connectivity index (χ1n) is 9.33. The highest BCUT2D eigenvalue weighted by Gasteiger charge is 2.22. The maximum absolute atomic E-state index is 13.0. The second kappa shape index (κ2) is 9.06. The average Bonchev–Trinajstić information content (AvgIpc) is 3.31. The van der Waals surface area contributed by atoms with E-state index in [1.807, 2.05) is 35.7 Å². The molecular formula is C23H16Cl2N2O3S. The Morgan fingerprint density at radius 2 is 1.87 bits per heavy atom. The van der Waals surface area contributed by atoms with Crippen molar-refractivity contribution < 1.29 is 14.3 Å². The fourth-order valence-corrected chi connectivity index (χ4v) is 4.04. The van der Waals surface area contributed by atoms with E-state index in [9.17, 15) is 9.59 Å². The quantitative estimate of drug-likeness (QED) is 0.340. The average molecular weight is 471 g/mol. The molecule has 0 bridgehead atoms. The van der Waals surface area contributed by atoms with Crippen LogP contribution in [0.2, 0.25) is 10.0 Å². The molecule has 2 aromatic heterocycles. The van der Waals surface area contributed by atoms with E-state index in [1.54, 1.807) is 30.3 Å². The Bertz CT molecular complexity index is 1280. The van der Waals surface area contributed by atoms with E-state index >= 15 is 0 Å². The molecule has 0 fully saturated rings. The van der Waals surface area contributed by atoms with Crippen molar-refractivity contribution in [2.75, 3.05) is 5.32 Å². The van der Waals surface area contributed by atoms with E-state index < -0.39 is 18.0 Å². The Hall–Kier alpha value is -2.93. The molecule has 156 valence electrons. The van der Waals surface area contributed by atoms with Crippen molar-refractivity contribution in [3.8, 4) is 10.6 Å². The molecule has 0 aliphatic rings. The van der Waals surface area contributed by atoms with Gasteiger partial charge in [0.25, 0.3) is 5.91 Å². The van der Waals surface area contributed by atoms with Gasteiger partial charge in [0.05, 0.1) is 37.4 Å². The van der Waals surface area contributed by atoms with Gasteiger partial charge in [0.2, 0.25) is 0 Å². The van der Waals surface area contributed by atoms with Crippen LogP contribution in [0.5, 0.6) is 0 Å². The Morgan fingerprint density at radius 3 is 2.65 bits per heavy atom. The molecule has 5 nitrogen and oxygen atoms in total. The van der Waals surface area contributed by atoms with Gasteiger partial charge >= 0.3 is 5.97 Å². The molecule has 31 heavy (non-hydrogen) atoms. The zero-order valence-corrected chi connectivity index (χ0v) is 18.6. The summed E-state index contributed by atoms with van der Waals surface area (Å²) in [6.07, 6.45) is -1.06. The fourth-order valence-electron chi connectivity index (χ4n) is 3.01. The minimum Gasteiger partial charge on any atom is -0.449 e. The molecule has 4 rings (SSSR count). The number of nitrogens with zero attached hydrogens (tertiary/aromatic N) is 1.